The molecular weight excluding hydrogens is 244 g/mol. The number of hydrogen-bond donors (Lipinski definition) is 1. The molecule has 1 N–H and O–H groups in total. The van der Waals surface area contributed by atoms with Crippen LogP contribution in [0.25, 0.3) is 10.7 Å². The van der Waals surface area contributed by atoms with E-state index in [1.807, 2.05) is 0 Å². The highest BCUT2D eigenvalue weighted by Crippen LogP contribution is 2.36. The maximum absolute atomic E-state index is 4.77. The molecule has 0 saturated carbocycles. The van der Waals surface area contributed by atoms with Crippen LogP contribution in [0.15, 0.2) is 18.6 Å². The van der Waals surface area contributed by atoms with E-state index < -0.39 is 0 Å². The second-order valence-corrected chi connectivity index (χ2v) is 5.50. The van der Waals surface area contributed by atoms with E-state index in [-0.39, 0.29) is 0 Å². The lowest BCUT2D eigenvalue weighted by Gasteiger charge is -2.21. The van der Waals surface area contributed by atoms with Crippen molar-refractivity contribution in [1.29, 1.82) is 0 Å². The predicted octanol–water partition coefficient (Wildman–Crippen LogP) is 2.59. The van der Waals surface area contributed by atoms with E-state index in [1.54, 1.807) is 29.9 Å². The van der Waals surface area contributed by atoms with Gasteiger partial charge < -0.3 is 5.32 Å². The third-order valence-electron chi connectivity index (χ3n) is 3.19. The number of nitrogens with zero attached hydrogens (tertiary/aromatic N) is 3. The maximum atomic E-state index is 4.77. The summed E-state index contributed by atoms with van der Waals surface area (Å²) in [4.78, 5) is 14.6. The Kier molecular flexibility index (Phi) is 3.34. The van der Waals surface area contributed by atoms with Gasteiger partial charge in [0.25, 0.3) is 0 Å². The first kappa shape index (κ1) is 11.7. The summed E-state index contributed by atoms with van der Waals surface area (Å²) in [6, 6.07) is 0.417. The molecule has 94 valence electrons. The lowest BCUT2D eigenvalue weighted by atomic mass is 9.98. The van der Waals surface area contributed by atoms with E-state index >= 15 is 0 Å². The van der Waals surface area contributed by atoms with Gasteiger partial charge in [0.05, 0.1) is 17.9 Å². The van der Waals surface area contributed by atoms with Crippen LogP contribution in [-0.2, 0) is 6.42 Å². The van der Waals surface area contributed by atoms with Crippen molar-refractivity contribution < 1.29 is 0 Å². The number of aryl methyl sites for hydroxylation is 1. The molecule has 2 aromatic heterocycles. The fourth-order valence-corrected chi connectivity index (χ4v) is 3.51. The first-order chi connectivity index (χ1) is 8.88. The Morgan fingerprint density at radius 3 is 3.17 bits per heavy atom. The lowest BCUT2D eigenvalue weighted by molar-refractivity contribution is 0.465. The SMILES string of the molecule is CCNC1CCCc2sc(-c3cnccn3)nc21. The van der Waals surface area contributed by atoms with Gasteiger partial charge in [0, 0.05) is 17.3 Å². The molecule has 2 heterocycles. The van der Waals surface area contributed by atoms with Crippen LogP contribution in [0.4, 0.5) is 0 Å². The minimum absolute atomic E-state index is 0.417. The molecule has 0 amide bonds. The summed E-state index contributed by atoms with van der Waals surface area (Å²) in [6.07, 6.45) is 8.77. The molecule has 4 nitrogen and oxygen atoms in total. The minimum atomic E-state index is 0.417. The predicted molar refractivity (Wildman–Crippen MR) is 72.5 cm³/mol. The summed E-state index contributed by atoms with van der Waals surface area (Å²) < 4.78 is 0. The van der Waals surface area contributed by atoms with Crippen LogP contribution >= 0.6 is 11.3 Å². The van der Waals surface area contributed by atoms with Gasteiger partial charge in [-0.3, -0.25) is 9.97 Å². The highest BCUT2D eigenvalue weighted by Gasteiger charge is 2.24. The van der Waals surface area contributed by atoms with Crippen LogP contribution in [0.5, 0.6) is 0 Å². The van der Waals surface area contributed by atoms with Crippen LogP contribution < -0.4 is 5.32 Å². The highest BCUT2D eigenvalue weighted by molar-refractivity contribution is 7.15. The molecular formula is C13H16N4S. The fraction of sp³-hybridized carbons (Fsp3) is 0.462. The van der Waals surface area contributed by atoms with Gasteiger partial charge in [-0.1, -0.05) is 6.92 Å². The first-order valence-corrected chi connectivity index (χ1v) is 7.19. The molecule has 2 aromatic rings. The molecule has 1 aliphatic rings. The van der Waals surface area contributed by atoms with Gasteiger partial charge in [0.2, 0.25) is 0 Å². The van der Waals surface area contributed by atoms with E-state index in [2.05, 4.69) is 22.2 Å². The standard InChI is InChI=1S/C13H16N4S/c1-2-15-9-4-3-5-11-12(9)17-13(18-11)10-8-14-6-7-16-10/h6-9,15H,2-5H2,1H3. The van der Waals surface area contributed by atoms with Gasteiger partial charge in [-0.2, -0.15) is 0 Å². The van der Waals surface area contributed by atoms with Gasteiger partial charge >= 0.3 is 0 Å². The topological polar surface area (TPSA) is 50.7 Å². The second-order valence-electron chi connectivity index (χ2n) is 4.42. The zero-order valence-electron chi connectivity index (χ0n) is 10.4. The first-order valence-electron chi connectivity index (χ1n) is 6.38. The Balaban J connectivity index is 1.96. The third kappa shape index (κ3) is 2.15. The minimum Gasteiger partial charge on any atom is -0.309 e. The van der Waals surface area contributed by atoms with Crippen molar-refractivity contribution in [3.05, 3.63) is 29.2 Å². The number of hydrogen-bond acceptors (Lipinski definition) is 5. The zero-order valence-corrected chi connectivity index (χ0v) is 11.2. The average molecular weight is 260 g/mol. The fourth-order valence-electron chi connectivity index (χ4n) is 2.38. The molecule has 0 bridgehead atoms. The number of aromatic nitrogens is 3. The second kappa shape index (κ2) is 5.12. The van der Waals surface area contributed by atoms with Crippen molar-refractivity contribution in [3.8, 4) is 10.7 Å². The molecule has 1 atom stereocenters. The number of thiazole rings is 1. The van der Waals surface area contributed by atoms with E-state index in [0.717, 1.165) is 23.7 Å². The molecule has 0 aliphatic heterocycles. The Morgan fingerprint density at radius 1 is 1.44 bits per heavy atom. The molecule has 18 heavy (non-hydrogen) atoms. The van der Waals surface area contributed by atoms with E-state index in [9.17, 15) is 0 Å². The van der Waals surface area contributed by atoms with Gasteiger partial charge in [-0.05, 0) is 25.8 Å². The van der Waals surface area contributed by atoms with Crippen molar-refractivity contribution in [2.24, 2.45) is 0 Å². The Labute approximate surface area is 111 Å². The number of rotatable bonds is 3. The van der Waals surface area contributed by atoms with E-state index in [1.165, 1.54) is 23.4 Å². The quantitative estimate of drug-likeness (QED) is 0.921. The molecule has 3 rings (SSSR count). The van der Waals surface area contributed by atoms with E-state index in [4.69, 9.17) is 4.98 Å². The van der Waals surface area contributed by atoms with Crippen molar-refractivity contribution in [2.45, 2.75) is 32.2 Å². The van der Waals surface area contributed by atoms with Crippen LogP contribution in [0.2, 0.25) is 0 Å². The van der Waals surface area contributed by atoms with Crippen molar-refractivity contribution in [2.75, 3.05) is 6.54 Å². The summed E-state index contributed by atoms with van der Waals surface area (Å²) in [5, 5.41) is 4.51. The normalized spacial score (nSPS) is 18.6. The molecule has 0 radical (unpaired) electrons. The molecule has 5 heteroatoms. The largest absolute Gasteiger partial charge is 0.309 e. The van der Waals surface area contributed by atoms with Gasteiger partial charge in [0.1, 0.15) is 10.7 Å². The van der Waals surface area contributed by atoms with Crippen LogP contribution in [0.3, 0.4) is 0 Å². The summed E-state index contributed by atoms with van der Waals surface area (Å²) in [6.45, 7) is 3.13. The highest BCUT2D eigenvalue weighted by atomic mass is 32.1. The molecule has 0 spiro atoms. The van der Waals surface area contributed by atoms with Gasteiger partial charge in [-0.25, -0.2) is 4.98 Å². The van der Waals surface area contributed by atoms with Crippen molar-refractivity contribution >= 4 is 11.3 Å². The summed E-state index contributed by atoms with van der Waals surface area (Å²) in [5.74, 6) is 0. The average Bonchev–Trinajstić information content (AvgIpc) is 2.85. The summed E-state index contributed by atoms with van der Waals surface area (Å²) in [7, 11) is 0. The molecule has 1 unspecified atom stereocenters. The molecule has 0 saturated heterocycles. The third-order valence-corrected chi connectivity index (χ3v) is 4.34. The number of nitrogens with one attached hydrogen (secondary N) is 1. The number of fused-ring (bicyclic) bond motifs is 1. The smallest absolute Gasteiger partial charge is 0.144 e. The van der Waals surface area contributed by atoms with Gasteiger partial charge in [0.15, 0.2) is 0 Å². The van der Waals surface area contributed by atoms with Crippen LogP contribution in [-0.4, -0.2) is 21.5 Å². The summed E-state index contributed by atoms with van der Waals surface area (Å²) in [5.41, 5.74) is 2.11. The Hall–Kier alpha value is -1.33. The van der Waals surface area contributed by atoms with Gasteiger partial charge in [-0.15, -0.1) is 11.3 Å². The monoisotopic (exact) mass is 260 g/mol. The van der Waals surface area contributed by atoms with Crippen LogP contribution in [0, 0.1) is 0 Å². The molecule has 1 aliphatic carbocycles. The maximum Gasteiger partial charge on any atom is 0.144 e. The zero-order chi connectivity index (χ0) is 12.4. The molecule has 0 fully saturated rings. The van der Waals surface area contributed by atoms with E-state index in [0.29, 0.717) is 6.04 Å². The Bertz CT molecular complexity index is 523. The molecule has 0 aromatic carbocycles. The van der Waals surface area contributed by atoms with Crippen molar-refractivity contribution in [1.82, 2.24) is 20.3 Å². The van der Waals surface area contributed by atoms with Crippen LogP contribution in [0.1, 0.15) is 36.4 Å². The Morgan fingerprint density at radius 2 is 2.39 bits per heavy atom. The lowest BCUT2D eigenvalue weighted by Crippen LogP contribution is -2.24. The van der Waals surface area contributed by atoms with Crippen molar-refractivity contribution in [3.63, 3.8) is 0 Å². The summed E-state index contributed by atoms with van der Waals surface area (Å²) >= 11 is 1.76.